The normalized spacial score (nSPS) is 11.0. The van der Waals surface area contributed by atoms with Crippen molar-refractivity contribution in [2.75, 3.05) is 5.32 Å². The molecule has 5 heteroatoms. The van der Waals surface area contributed by atoms with E-state index in [2.05, 4.69) is 10.3 Å². The highest BCUT2D eigenvalue weighted by Gasteiger charge is 2.15. The minimum absolute atomic E-state index is 0.0357. The highest BCUT2D eigenvalue weighted by molar-refractivity contribution is 6.04. The molecule has 1 amide bonds. The monoisotopic (exact) mass is 372 g/mol. The molecular weight excluding hydrogens is 352 g/mol. The van der Waals surface area contributed by atoms with E-state index in [1.807, 2.05) is 51.1 Å². The summed E-state index contributed by atoms with van der Waals surface area (Å²) in [4.78, 5) is 17.0. The summed E-state index contributed by atoms with van der Waals surface area (Å²) in [6.07, 6.45) is 0. The van der Waals surface area contributed by atoms with Crippen molar-refractivity contribution in [3.8, 4) is 17.2 Å². The molecule has 0 spiro atoms. The Labute approximate surface area is 162 Å². The van der Waals surface area contributed by atoms with Gasteiger partial charge < -0.3 is 14.8 Å². The van der Waals surface area contributed by atoms with E-state index < -0.39 is 0 Å². The van der Waals surface area contributed by atoms with Gasteiger partial charge in [-0.15, -0.1) is 0 Å². The molecule has 0 aliphatic carbocycles. The van der Waals surface area contributed by atoms with E-state index in [9.17, 15) is 9.90 Å². The molecule has 0 radical (unpaired) electrons. The molecule has 4 rings (SSSR count). The summed E-state index contributed by atoms with van der Waals surface area (Å²) in [7, 11) is 0. The minimum Gasteiger partial charge on any atom is -0.507 e. The SMILES string of the molecule is Cc1cccc(C(=O)Nc2ccc(O)c(-c3nc4cc(C)c(C)cc4o3)c2)c1. The van der Waals surface area contributed by atoms with Gasteiger partial charge in [-0.05, 0) is 74.4 Å². The van der Waals surface area contributed by atoms with Crippen LogP contribution in [-0.2, 0) is 0 Å². The van der Waals surface area contributed by atoms with Crippen LogP contribution in [0.4, 0.5) is 5.69 Å². The Balaban J connectivity index is 1.68. The number of amides is 1. The maximum Gasteiger partial charge on any atom is 0.255 e. The topological polar surface area (TPSA) is 75.4 Å². The summed E-state index contributed by atoms with van der Waals surface area (Å²) in [6, 6.07) is 16.1. The third kappa shape index (κ3) is 3.34. The largest absolute Gasteiger partial charge is 0.507 e. The summed E-state index contributed by atoms with van der Waals surface area (Å²) in [6.45, 7) is 5.96. The molecule has 0 saturated carbocycles. The molecule has 0 atom stereocenters. The molecule has 0 aliphatic heterocycles. The zero-order valence-electron chi connectivity index (χ0n) is 15.9. The first kappa shape index (κ1) is 17.8. The number of nitrogens with zero attached hydrogens (tertiary/aromatic N) is 1. The van der Waals surface area contributed by atoms with Gasteiger partial charge in [0.15, 0.2) is 5.58 Å². The summed E-state index contributed by atoms with van der Waals surface area (Å²) >= 11 is 0. The fourth-order valence-corrected chi connectivity index (χ4v) is 3.07. The third-order valence-corrected chi connectivity index (χ3v) is 4.77. The van der Waals surface area contributed by atoms with Crippen LogP contribution in [0.1, 0.15) is 27.0 Å². The first-order chi connectivity index (χ1) is 13.4. The van der Waals surface area contributed by atoms with E-state index in [1.165, 1.54) is 6.07 Å². The highest BCUT2D eigenvalue weighted by atomic mass is 16.3. The Morgan fingerprint density at radius 1 is 1.00 bits per heavy atom. The number of fused-ring (bicyclic) bond motifs is 1. The number of phenolic OH excluding ortho intramolecular Hbond substituents is 1. The average Bonchev–Trinajstić information content (AvgIpc) is 3.06. The number of oxazole rings is 1. The minimum atomic E-state index is -0.218. The number of rotatable bonds is 3. The molecule has 5 nitrogen and oxygen atoms in total. The molecule has 2 N–H and O–H groups in total. The molecule has 0 unspecified atom stereocenters. The van der Waals surface area contributed by atoms with Crippen LogP contribution in [-0.4, -0.2) is 16.0 Å². The van der Waals surface area contributed by atoms with Gasteiger partial charge in [0.1, 0.15) is 11.3 Å². The molecule has 1 heterocycles. The molecular formula is C23H20N2O3. The number of phenols is 1. The van der Waals surface area contributed by atoms with Gasteiger partial charge in [-0.3, -0.25) is 4.79 Å². The number of aromatic hydroxyl groups is 1. The van der Waals surface area contributed by atoms with Crippen LogP contribution in [0.15, 0.2) is 59.0 Å². The van der Waals surface area contributed by atoms with Gasteiger partial charge >= 0.3 is 0 Å². The second kappa shape index (κ2) is 6.85. The molecule has 1 aromatic heterocycles. The lowest BCUT2D eigenvalue weighted by atomic mass is 10.1. The highest BCUT2D eigenvalue weighted by Crippen LogP contribution is 2.34. The van der Waals surface area contributed by atoms with Gasteiger partial charge in [0.05, 0.1) is 5.56 Å². The second-order valence-electron chi connectivity index (χ2n) is 6.98. The van der Waals surface area contributed by atoms with E-state index in [4.69, 9.17) is 4.42 Å². The van der Waals surface area contributed by atoms with E-state index in [0.29, 0.717) is 28.3 Å². The van der Waals surface area contributed by atoms with Gasteiger partial charge in [0.25, 0.3) is 5.91 Å². The van der Waals surface area contributed by atoms with Crippen LogP contribution in [0.3, 0.4) is 0 Å². The van der Waals surface area contributed by atoms with Crippen molar-refractivity contribution in [2.45, 2.75) is 20.8 Å². The smallest absolute Gasteiger partial charge is 0.255 e. The van der Waals surface area contributed by atoms with Gasteiger partial charge in [0, 0.05) is 11.3 Å². The number of anilines is 1. The molecule has 0 bridgehead atoms. The van der Waals surface area contributed by atoms with Crippen molar-refractivity contribution in [1.82, 2.24) is 4.98 Å². The standard InChI is InChI=1S/C23H20N2O3/c1-13-5-4-6-16(9-13)22(27)24-17-7-8-20(26)18(12-17)23-25-19-10-14(2)15(3)11-21(19)28-23/h4-12,26H,1-3H3,(H,24,27). The fourth-order valence-electron chi connectivity index (χ4n) is 3.07. The molecule has 3 aromatic carbocycles. The first-order valence-electron chi connectivity index (χ1n) is 9.00. The fraction of sp³-hybridized carbons (Fsp3) is 0.130. The molecule has 140 valence electrons. The van der Waals surface area contributed by atoms with Crippen LogP contribution in [0, 0.1) is 20.8 Å². The van der Waals surface area contributed by atoms with E-state index >= 15 is 0 Å². The molecule has 4 aromatic rings. The number of hydrogen-bond acceptors (Lipinski definition) is 4. The molecule has 0 fully saturated rings. The maximum atomic E-state index is 12.5. The van der Waals surface area contributed by atoms with Crippen LogP contribution >= 0.6 is 0 Å². The number of benzene rings is 3. The lowest BCUT2D eigenvalue weighted by Crippen LogP contribution is -2.11. The molecule has 28 heavy (non-hydrogen) atoms. The third-order valence-electron chi connectivity index (χ3n) is 4.77. The molecule has 0 saturated heterocycles. The lowest BCUT2D eigenvalue weighted by molar-refractivity contribution is 0.102. The van der Waals surface area contributed by atoms with Crippen molar-refractivity contribution < 1.29 is 14.3 Å². The Morgan fingerprint density at radius 3 is 2.57 bits per heavy atom. The van der Waals surface area contributed by atoms with Crippen LogP contribution in [0.5, 0.6) is 5.75 Å². The summed E-state index contributed by atoms with van der Waals surface area (Å²) < 4.78 is 5.85. The first-order valence-corrected chi connectivity index (χ1v) is 9.00. The second-order valence-corrected chi connectivity index (χ2v) is 6.98. The summed E-state index contributed by atoms with van der Waals surface area (Å²) in [5.74, 6) is 0.127. The molecule has 0 aliphatic rings. The van der Waals surface area contributed by atoms with Crippen molar-refractivity contribution in [2.24, 2.45) is 0 Å². The number of carbonyl (C=O) groups is 1. The summed E-state index contributed by atoms with van der Waals surface area (Å²) in [5.41, 5.74) is 6.17. The van der Waals surface area contributed by atoms with Crippen molar-refractivity contribution in [3.05, 3.63) is 76.9 Å². The van der Waals surface area contributed by atoms with Crippen molar-refractivity contribution in [3.63, 3.8) is 0 Å². The maximum absolute atomic E-state index is 12.5. The number of aryl methyl sites for hydroxylation is 3. The van der Waals surface area contributed by atoms with Crippen LogP contribution in [0.25, 0.3) is 22.6 Å². The van der Waals surface area contributed by atoms with Gasteiger partial charge in [-0.2, -0.15) is 0 Å². The summed E-state index contributed by atoms with van der Waals surface area (Å²) in [5, 5.41) is 13.2. The van der Waals surface area contributed by atoms with Gasteiger partial charge in [-0.1, -0.05) is 17.7 Å². The van der Waals surface area contributed by atoms with Gasteiger partial charge in [-0.25, -0.2) is 4.98 Å². The Morgan fingerprint density at radius 2 is 1.79 bits per heavy atom. The van der Waals surface area contributed by atoms with E-state index in [-0.39, 0.29) is 11.7 Å². The van der Waals surface area contributed by atoms with E-state index in [0.717, 1.165) is 22.2 Å². The van der Waals surface area contributed by atoms with Crippen LogP contribution < -0.4 is 5.32 Å². The zero-order valence-corrected chi connectivity index (χ0v) is 15.9. The number of aromatic nitrogens is 1. The lowest BCUT2D eigenvalue weighted by Gasteiger charge is -2.08. The Hall–Kier alpha value is -3.60. The number of nitrogens with one attached hydrogen (secondary N) is 1. The van der Waals surface area contributed by atoms with Gasteiger partial charge in [0.2, 0.25) is 5.89 Å². The number of carbonyl (C=O) groups excluding carboxylic acids is 1. The van der Waals surface area contributed by atoms with Crippen LogP contribution in [0.2, 0.25) is 0 Å². The quantitative estimate of drug-likeness (QED) is 0.474. The predicted molar refractivity (Wildman–Crippen MR) is 110 cm³/mol. The zero-order chi connectivity index (χ0) is 19.8. The van der Waals surface area contributed by atoms with E-state index in [1.54, 1.807) is 18.2 Å². The number of hydrogen-bond donors (Lipinski definition) is 2. The van der Waals surface area contributed by atoms with Crippen molar-refractivity contribution >= 4 is 22.7 Å². The predicted octanol–water partition coefficient (Wildman–Crippen LogP) is 5.38. The van der Waals surface area contributed by atoms with Crippen molar-refractivity contribution in [1.29, 1.82) is 0 Å². The average molecular weight is 372 g/mol. The Kier molecular flexibility index (Phi) is 4.35. The Bertz CT molecular complexity index is 1170.